The van der Waals surface area contributed by atoms with Crippen LogP contribution in [0.1, 0.15) is 25.3 Å². The maximum atomic E-state index is 12.2. The molecule has 3 rings (SSSR count). The number of hydrogen-bond acceptors (Lipinski definition) is 5. The topological polar surface area (TPSA) is 102 Å². The number of nitrogen functional groups attached to an aromatic ring is 1. The smallest absolute Gasteiger partial charge is 0.330 e. The second kappa shape index (κ2) is 6.92. The molecule has 2 aromatic rings. The summed E-state index contributed by atoms with van der Waals surface area (Å²) in [5.41, 5.74) is 6.24. The highest BCUT2D eigenvalue weighted by molar-refractivity contribution is 5.61. The number of nitrogens with zero attached hydrogens (tertiary/aromatic N) is 1. The lowest BCUT2D eigenvalue weighted by Crippen LogP contribution is -2.38. The fourth-order valence-electron chi connectivity index (χ4n) is 2.97. The second-order valence-electron chi connectivity index (χ2n) is 6.08. The van der Waals surface area contributed by atoms with Gasteiger partial charge in [-0.1, -0.05) is 30.3 Å². The molecular weight excluding hydrogens is 308 g/mol. The fourth-order valence-corrected chi connectivity index (χ4v) is 2.97. The van der Waals surface area contributed by atoms with Gasteiger partial charge in [0, 0.05) is 12.6 Å². The summed E-state index contributed by atoms with van der Waals surface area (Å²) >= 11 is 0. The minimum Gasteiger partial charge on any atom is -0.383 e. The monoisotopic (exact) mass is 330 g/mol. The van der Waals surface area contributed by atoms with Crippen LogP contribution in [0, 0.1) is 0 Å². The summed E-state index contributed by atoms with van der Waals surface area (Å²) in [4.78, 5) is 26.6. The molecule has 0 radical (unpaired) electrons. The van der Waals surface area contributed by atoms with E-state index in [9.17, 15) is 9.59 Å². The van der Waals surface area contributed by atoms with E-state index in [2.05, 4.69) is 10.3 Å². The zero-order valence-corrected chi connectivity index (χ0v) is 13.6. The normalized spacial score (nSPS) is 18.5. The maximum absolute atomic E-state index is 12.2. The van der Waals surface area contributed by atoms with E-state index in [4.69, 9.17) is 10.5 Å². The quantitative estimate of drug-likeness (QED) is 0.763. The molecule has 1 aliphatic heterocycles. The van der Waals surface area contributed by atoms with Crippen LogP contribution in [0.2, 0.25) is 0 Å². The predicted molar refractivity (Wildman–Crippen MR) is 93.3 cm³/mol. The lowest BCUT2D eigenvalue weighted by molar-refractivity contribution is 0.0996. The van der Waals surface area contributed by atoms with Gasteiger partial charge in [-0.25, -0.2) is 4.79 Å². The molecule has 1 saturated heterocycles. The van der Waals surface area contributed by atoms with E-state index in [1.165, 1.54) is 4.57 Å². The summed E-state index contributed by atoms with van der Waals surface area (Å²) in [5.74, 6) is 0.137. The van der Waals surface area contributed by atoms with Crippen molar-refractivity contribution in [3.8, 4) is 0 Å². The lowest BCUT2D eigenvalue weighted by Gasteiger charge is -2.22. The van der Waals surface area contributed by atoms with E-state index in [1.807, 2.05) is 37.3 Å². The molecule has 2 heterocycles. The fraction of sp³-hybridized carbons (Fsp3) is 0.412. The first-order chi connectivity index (χ1) is 11.6. The SMILES string of the molecule is CC(Nc1c(N)n(Cc2ccccc2)c(=O)[nH]c1=O)C1CCCO1. The van der Waals surface area contributed by atoms with Gasteiger partial charge in [-0.3, -0.25) is 14.3 Å². The van der Waals surface area contributed by atoms with Crippen molar-refractivity contribution in [2.45, 2.75) is 38.5 Å². The predicted octanol–water partition coefficient (Wildman–Crippen LogP) is 1.15. The third-order valence-electron chi connectivity index (χ3n) is 4.32. The number of hydrogen-bond donors (Lipinski definition) is 3. The first kappa shape index (κ1) is 16.3. The molecule has 0 spiro atoms. The van der Waals surface area contributed by atoms with Crippen LogP contribution in [-0.4, -0.2) is 28.3 Å². The number of nitrogens with two attached hydrogens (primary N) is 1. The third-order valence-corrected chi connectivity index (χ3v) is 4.32. The molecule has 7 heteroatoms. The first-order valence-electron chi connectivity index (χ1n) is 8.11. The Bertz CT molecular complexity index is 807. The third kappa shape index (κ3) is 3.35. The van der Waals surface area contributed by atoms with Crippen LogP contribution in [-0.2, 0) is 11.3 Å². The second-order valence-corrected chi connectivity index (χ2v) is 6.08. The van der Waals surface area contributed by atoms with Crippen molar-refractivity contribution in [2.24, 2.45) is 0 Å². The van der Waals surface area contributed by atoms with Crippen LogP contribution >= 0.6 is 0 Å². The van der Waals surface area contributed by atoms with E-state index < -0.39 is 11.2 Å². The van der Waals surface area contributed by atoms with Gasteiger partial charge in [-0.15, -0.1) is 0 Å². The van der Waals surface area contributed by atoms with E-state index in [-0.39, 0.29) is 23.7 Å². The zero-order chi connectivity index (χ0) is 17.1. The molecule has 2 atom stereocenters. The Kier molecular flexibility index (Phi) is 4.71. The van der Waals surface area contributed by atoms with Gasteiger partial charge >= 0.3 is 5.69 Å². The van der Waals surface area contributed by atoms with Crippen molar-refractivity contribution < 1.29 is 4.74 Å². The Labute approximate surface area is 139 Å². The Morgan fingerprint density at radius 3 is 2.79 bits per heavy atom. The number of benzene rings is 1. The minimum atomic E-state index is -0.517. The van der Waals surface area contributed by atoms with Gasteiger partial charge in [-0.05, 0) is 25.3 Å². The molecule has 1 aliphatic rings. The molecule has 0 amide bonds. The number of aromatic amines is 1. The number of rotatable bonds is 5. The summed E-state index contributed by atoms with van der Waals surface area (Å²) in [5, 5.41) is 3.12. The van der Waals surface area contributed by atoms with E-state index >= 15 is 0 Å². The number of aromatic nitrogens is 2. The van der Waals surface area contributed by atoms with Crippen LogP contribution < -0.4 is 22.3 Å². The molecular formula is C17H22N4O3. The largest absolute Gasteiger partial charge is 0.383 e. The Morgan fingerprint density at radius 1 is 1.38 bits per heavy atom. The zero-order valence-electron chi connectivity index (χ0n) is 13.6. The summed E-state index contributed by atoms with van der Waals surface area (Å²) in [6.45, 7) is 2.98. The molecule has 1 fully saturated rings. The van der Waals surface area contributed by atoms with Crippen LogP contribution in [0.15, 0.2) is 39.9 Å². The minimum absolute atomic E-state index is 0.0401. The van der Waals surface area contributed by atoms with Gasteiger partial charge in [0.15, 0.2) is 0 Å². The Hall–Kier alpha value is -2.54. The number of nitrogens with one attached hydrogen (secondary N) is 2. The number of ether oxygens (including phenoxy) is 1. The van der Waals surface area contributed by atoms with Crippen molar-refractivity contribution in [1.29, 1.82) is 0 Å². The van der Waals surface area contributed by atoms with E-state index in [1.54, 1.807) is 0 Å². The molecule has 1 aromatic carbocycles. The number of anilines is 2. The molecule has 2 unspecified atom stereocenters. The van der Waals surface area contributed by atoms with Gasteiger partial charge in [0.2, 0.25) is 0 Å². The number of H-pyrrole nitrogens is 1. The summed E-state index contributed by atoms with van der Waals surface area (Å²) in [6, 6.07) is 9.41. The maximum Gasteiger partial charge on any atom is 0.330 e. The molecule has 128 valence electrons. The van der Waals surface area contributed by atoms with Crippen LogP contribution in [0.25, 0.3) is 0 Å². The van der Waals surface area contributed by atoms with Gasteiger partial charge in [0.1, 0.15) is 11.5 Å². The molecule has 24 heavy (non-hydrogen) atoms. The molecule has 7 nitrogen and oxygen atoms in total. The van der Waals surface area contributed by atoms with Crippen molar-refractivity contribution in [2.75, 3.05) is 17.7 Å². The van der Waals surface area contributed by atoms with Crippen LogP contribution in [0.4, 0.5) is 11.5 Å². The average Bonchev–Trinajstić information content (AvgIpc) is 3.11. The first-order valence-corrected chi connectivity index (χ1v) is 8.11. The molecule has 0 aliphatic carbocycles. The molecule has 1 aromatic heterocycles. The Morgan fingerprint density at radius 2 is 2.12 bits per heavy atom. The van der Waals surface area contributed by atoms with Crippen molar-refractivity contribution in [3.63, 3.8) is 0 Å². The Balaban J connectivity index is 1.90. The highest BCUT2D eigenvalue weighted by Gasteiger charge is 2.24. The van der Waals surface area contributed by atoms with E-state index in [0.29, 0.717) is 6.54 Å². The highest BCUT2D eigenvalue weighted by atomic mass is 16.5. The van der Waals surface area contributed by atoms with Crippen molar-refractivity contribution >= 4 is 11.5 Å². The highest BCUT2D eigenvalue weighted by Crippen LogP contribution is 2.20. The summed E-state index contributed by atoms with van der Waals surface area (Å²) in [6.07, 6.45) is 1.99. The van der Waals surface area contributed by atoms with E-state index in [0.717, 1.165) is 25.0 Å². The van der Waals surface area contributed by atoms with Crippen LogP contribution in [0.5, 0.6) is 0 Å². The van der Waals surface area contributed by atoms with Gasteiger partial charge in [-0.2, -0.15) is 0 Å². The summed E-state index contributed by atoms with van der Waals surface area (Å²) < 4.78 is 6.99. The van der Waals surface area contributed by atoms with Gasteiger partial charge in [0.05, 0.1) is 12.6 Å². The summed E-state index contributed by atoms with van der Waals surface area (Å²) in [7, 11) is 0. The molecule has 0 saturated carbocycles. The molecule has 4 N–H and O–H groups in total. The molecule has 0 bridgehead atoms. The lowest BCUT2D eigenvalue weighted by atomic mass is 10.1. The standard InChI is InChI=1S/C17H22N4O3/c1-11(13-8-5-9-24-13)19-14-15(18)21(17(23)20-16(14)22)10-12-6-3-2-4-7-12/h2-4,6-7,11,13,19H,5,8-10,18H2,1H3,(H,20,22,23). The van der Waals surface area contributed by atoms with Gasteiger partial charge < -0.3 is 15.8 Å². The average molecular weight is 330 g/mol. The van der Waals surface area contributed by atoms with Crippen LogP contribution in [0.3, 0.4) is 0 Å². The van der Waals surface area contributed by atoms with Crippen molar-refractivity contribution in [1.82, 2.24) is 9.55 Å². The van der Waals surface area contributed by atoms with Crippen molar-refractivity contribution in [3.05, 3.63) is 56.7 Å². The van der Waals surface area contributed by atoms with Gasteiger partial charge in [0.25, 0.3) is 5.56 Å².